The predicted octanol–water partition coefficient (Wildman–Crippen LogP) is 2.49. The highest BCUT2D eigenvalue weighted by Gasteiger charge is 2.86. The van der Waals surface area contributed by atoms with Crippen LogP contribution in [0.1, 0.15) is 32.1 Å². The molecule has 5 unspecified atom stereocenters. The van der Waals surface area contributed by atoms with Gasteiger partial charge in [-0.3, -0.25) is 0 Å². The maximum absolute atomic E-state index is 4.64. The zero-order valence-electron chi connectivity index (χ0n) is 6.71. The lowest BCUT2D eigenvalue weighted by atomic mass is 9.43. The third-order valence-corrected chi connectivity index (χ3v) is 5.86. The van der Waals surface area contributed by atoms with Crippen LogP contribution in [0.2, 0.25) is 0 Å². The van der Waals surface area contributed by atoms with E-state index in [1.54, 1.807) is 19.3 Å². The summed E-state index contributed by atoms with van der Waals surface area (Å²) < 4.78 is 0. The van der Waals surface area contributed by atoms with Crippen LogP contribution < -0.4 is 0 Å². The van der Waals surface area contributed by atoms with Gasteiger partial charge in [0.05, 0.1) is 0 Å². The summed E-state index contributed by atoms with van der Waals surface area (Å²) in [5.74, 6) is 2.33. The molecular weight excluding hydrogens is 152 g/mol. The Bertz CT molecular complexity index is 249. The molecule has 4 fully saturated rings. The Hall–Kier alpha value is 0.350. The molecule has 11 heavy (non-hydrogen) atoms. The van der Waals surface area contributed by atoms with Gasteiger partial charge in [0.1, 0.15) is 0 Å². The summed E-state index contributed by atoms with van der Waals surface area (Å²) in [6.45, 7) is 0. The first-order valence-corrected chi connectivity index (χ1v) is 5.48. The van der Waals surface area contributed by atoms with Gasteiger partial charge in [-0.1, -0.05) is 0 Å². The van der Waals surface area contributed by atoms with Crippen molar-refractivity contribution in [1.29, 1.82) is 0 Å². The van der Waals surface area contributed by atoms with E-state index < -0.39 is 0 Å². The zero-order valence-corrected chi connectivity index (χ0v) is 7.61. The Morgan fingerprint density at radius 1 is 1.00 bits per heavy atom. The van der Waals surface area contributed by atoms with Crippen LogP contribution >= 0.6 is 12.6 Å². The van der Waals surface area contributed by atoms with Crippen LogP contribution in [0.5, 0.6) is 0 Å². The summed E-state index contributed by atoms with van der Waals surface area (Å²) >= 11 is 4.64. The van der Waals surface area contributed by atoms with Crippen molar-refractivity contribution in [2.45, 2.75) is 37.4 Å². The van der Waals surface area contributed by atoms with Crippen molar-refractivity contribution >= 4 is 12.6 Å². The van der Waals surface area contributed by atoms with Crippen molar-refractivity contribution in [2.75, 3.05) is 0 Å². The maximum atomic E-state index is 4.64. The molecule has 0 saturated heterocycles. The largest absolute Gasteiger partial charge is 0.176 e. The van der Waals surface area contributed by atoms with Crippen molar-refractivity contribution in [3.05, 3.63) is 0 Å². The van der Waals surface area contributed by atoms with Crippen molar-refractivity contribution in [3.8, 4) is 0 Å². The Balaban J connectivity index is 1.81. The van der Waals surface area contributed by atoms with Gasteiger partial charge in [-0.2, -0.15) is 12.6 Å². The van der Waals surface area contributed by atoms with E-state index in [2.05, 4.69) is 12.6 Å². The van der Waals surface area contributed by atoms with Gasteiger partial charge >= 0.3 is 0 Å². The first-order chi connectivity index (χ1) is 5.29. The van der Waals surface area contributed by atoms with Gasteiger partial charge in [-0.25, -0.2) is 0 Å². The molecule has 0 radical (unpaired) electrons. The SMILES string of the molecule is SC1CC2C3CC34CCC24C1. The van der Waals surface area contributed by atoms with Crippen molar-refractivity contribution < 1.29 is 0 Å². The molecule has 4 saturated carbocycles. The monoisotopic (exact) mass is 166 g/mol. The smallest absolute Gasteiger partial charge is 0.00253 e. The highest BCUT2D eigenvalue weighted by atomic mass is 32.1. The molecule has 0 amide bonds. The minimum absolute atomic E-state index is 0.768. The van der Waals surface area contributed by atoms with E-state index in [9.17, 15) is 0 Å². The van der Waals surface area contributed by atoms with Crippen LogP contribution in [0.25, 0.3) is 0 Å². The quantitative estimate of drug-likeness (QED) is 0.525. The fraction of sp³-hybridized carbons (Fsp3) is 1.00. The van der Waals surface area contributed by atoms with E-state index in [-0.39, 0.29) is 0 Å². The summed E-state index contributed by atoms with van der Waals surface area (Å²) in [6, 6.07) is 0. The second-order valence-corrected chi connectivity index (χ2v) is 6.05. The second kappa shape index (κ2) is 1.30. The van der Waals surface area contributed by atoms with Crippen LogP contribution in [-0.2, 0) is 0 Å². The fourth-order valence-corrected chi connectivity index (χ4v) is 5.53. The average molecular weight is 166 g/mol. The summed E-state index contributed by atoms with van der Waals surface area (Å²) in [7, 11) is 0. The first-order valence-electron chi connectivity index (χ1n) is 4.97. The summed E-state index contributed by atoms with van der Waals surface area (Å²) in [4.78, 5) is 0. The normalized spacial score (nSPS) is 75.5. The molecule has 0 nitrogen and oxygen atoms in total. The molecule has 0 aliphatic heterocycles. The van der Waals surface area contributed by atoms with Gasteiger partial charge in [0.15, 0.2) is 0 Å². The van der Waals surface area contributed by atoms with Crippen molar-refractivity contribution in [3.63, 3.8) is 0 Å². The Morgan fingerprint density at radius 3 is 2.36 bits per heavy atom. The van der Waals surface area contributed by atoms with Crippen LogP contribution in [-0.4, -0.2) is 5.25 Å². The third-order valence-electron chi connectivity index (χ3n) is 5.46. The van der Waals surface area contributed by atoms with E-state index >= 15 is 0 Å². The van der Waals surface area contributed by atoms with E-state index in [4.69, 9.17) is 0 Å². The highest BCUT2D eigenvalue weighted by Crippen LogP contribution is 2.93. The molecule has 4 aliphatic carbocycles. The van der Waals surface area contributed by atoms with Crippen LogP contribution in [0.3, 0.4) is 0 Å². The van der Waals surface area contributed by atoms with Crippen molar-refractivity contribution in [1.82, 2.24) is 0 Å². The predicted molar refractivity (Wildman–Crippen MR) is 47.7 cm³/mol. The van der Waals surface area contributed by atoms with E-state index in [1.165, 1.54) is 18.8 Å². The molecule has 2 spiro atoms. The number of hydrogen-bond donors (Lipinski definition) is 1. The molecule has 1 heteroatoms. The molecule has 0 N–H and O–H groups in total. The standard InChI is InChI=1S/C10H14S/c11-6-3-7-8-5-10(8)2-1-9(7,10)4-6/h6-8,11H,1-5H2. The van der Waals surface area contributed by atoms with Gasteiger partial charge in [0, 0.05) is 5.25 Å². The first kappa shape index (κ1) is 5.90. The molecular formula is C10H14S. The number of thiol groups is 1. The second-order valence-electron chi connectivity index (χ2n) is 5.32. The zero-order chi connectivity index (χ0) is 7.27. The molecule has 0 aromatic carbocycles. The summed E-state index contributed by atoms with van der Waals surface area (Å²) in [5.41, 5.74) is 1.82. The fourth-order valence-electron chi connectivity index (χ4n) is 4.98. The van der Waals surface area contributed by atoms with Crippen LogP contribution in [0, 0.1) is 22.7 Å². The maximum Gasteiger partial charge on any atom is 0.00253 e. The van der Waals surface area contributed by atoms with Crippen LogP contribution in [0.15, 0.2) is 0 Å². The van der Waals surface area contributed by atoms with E-state index in [0.717, 1.165) is 22.0 Å². The van der Waals surface area contributed by atoms with E-state index in [1.807, 2.05) is 0 Å². The third kappa shape index (κ3) is 0.367. The Kier molecular flexibility index (Phi) is 0.699. The molecule has 0 aromatic heterocycles. The lowest BCUT2D eigenvalue weighted by Crippen LogP contribution is -2.55. The molecule has 4 aliphatic rings. The molecule has 0 aromatic rings. The number of hydrogen-bond acceptors (Lipinski definition) is 1. The molecule has 0 bridgehead atoms. The summed E-state index contributed by atoms with van der Waals surface area (Å²) in [5, 5.41) is 0.768. The average Bonchev–Trinajstić information content (AvgIpc) is 2.63. The van der Waals surface area contributed by atoms with Gasteiger partial charge < -0.3 is 0 Å². The molecule has 4 rings (SSSR count). The number of rotatable bonds is 0. The number of fused-ring (bicyclic) bond motifs is 1. The Morgan fingerprint density at radius 2 is 1.73 bits per heavy atom. The van der Waals surface area contributed by atoms with Gasteiger partial charge in [0.25, 0.3) is 0 Å². The summed E-state index contributed by atoms with van der Waals surface area (Å²) in [6.07, 6.45) is 7.67. The molecule has 5 atom stereocenters. The van der Waals surface area contributed by atoms with Crippen molar-refractivity contribution in [2.24, 2.45) is 22.7 Å². The van der Waals surface area contributed by atoms with Gasteiger partial charge in [-0.15, -0.1) is 0 Å². The van der Waals surface area contributed by atoms with Gasteiger partial charge in [-0.05, 0) is 54.8 Å². The lowest BCUT2D eigenvalue weighted by molar-refractivity contribution is -0.134. The minimum Gasteiger partial charge on any atom is -0.176 e. The van der Waals surface area contributed by atoms with Crippen LogP contribution in [0.4, 0.5) is 0 Å². The highest BCUT2D eigenvalue weighted by molar-refractivity contribution is 7.81. The Labute approximate surface area is 73.2 Å². The van der Waals surface area contributed by atoms with E-state index in [0.29, 0.717) is 0 Å². The minimum atomic E-state index is 0.768. The molecule has 0 heterocycles. The lowest BCUT2D eigenvalue weighted by Gasteiger charge is -2.61. The van der Waals surface area contributed by atoms with Gasteiger partial charge in [0.2, 0.25) is 0 Å². The molecule has 60 valence electrons. The topological polar surface area (TPSA) is 0 Å².